The first kappa shape index (κ1) is 20.6. The summed E-state index contributed by atoms with van der Waals surface area (Å²) in [5, 5.41) is 20.3. The van der Waals surface area contributed by atoms with E-state index in [1.54, 1.807) is 18.2 Å². The topological polar surface area (TPSA) is 83.1 Å². The van der Waals surface area contributed by atoms with E-state index in [1.807, 2.05) is 48.7 Å². The van der Waals surface area contributed by atoms with Gasteiger partial charge in [-0.25, -0.2) is 0 Å². The molecule has 0 amide bonds. The third kappa shape index (κ3) is 5.23. The van der Waals surface area contributed by atoms with Crippen molar-refractivity contribution in [3.63, 3.8) is 0 Å². The zero-order valence-electron chi connectivity index (χ0n) is 16.3. The number of thioether (sulfide) groups is 1. The second-order valence-corrected chi connectivity index (χ2v) is 7.82. The fourth-order valence-corrected chi connectivity index (χ4v) is 3.79. The minimum absolute atomic E-state index is 0.0341. The molecule has 0 spiro atoms. The van der Waals surface area contributed by atoms with E-state index in [1.165, 1.54) is 17.8 Å². The fraction of sp³-hybridized carbons (Fsp3) is 0.238. The number of hydrogen-bond donors (Lipinski definition) is 0. The van der Waals surface area contributed by atoms with E-state index in [2.05, 4.69) is 16.8 Å². The lowest BCUT2D eigenvalue weighted by Crippen LogP contribution is -2.08. The van der Waals surface area contributed by atoms with Gasteiger partial charge in [0, 0.05) is 23.9 Å². The Balaban J connectivity index is 1.76. The van der Waals surface area contributed by atoms with Crippen molar-refractivity contribution < 1.29 is 9.66 Å². The number of aromatic nitrogens is 3. The van der Waals surface area contributed by atoms with Crippen LogP contribution in [-0.2, 0) is 13.2 Å². The van der Waals surface area contributed by atoms with E-state index in [9.17, 15) is 10.1 Å². The smallest absolute Gasteiger partial charge is 0.269 e. The van der Waals surface area contributed by atoms with Crippen LogP contribution >= 0.6 is 11.8 Å². The molecule has 0 saturated carbocycles. The van der Waals surface area contributed by atoms with E-state index in [0.717, 1.165) is 16.9 Å². The third-order valence-electron chi connectivity index (χ3n) is 4.30. The maximum absolute atomic E-state index is 11.0. The number of rotatable bonds is 9. The summed E-state index contributed by atoms with van der Waals surface area (Å²) >= 11 is 1.49. The van der Waals surface area contributed by atoms with Crippen LogP contribution in [0.4, 0.5) is 5.69 Å². The molecule has 150 valence electrons. The van der Waals surface area contributed by atoms with Crippen molar-refractivity contribution in [3.05, 3.63) is 88.3 Å². The molecular formula is C21H22N4O3S. The van der Waals surface area contributed by atoms with Crippen LogP contribution in [0.25, 0.3) is 0 Å². The van der Waals surface area contributed by atoms with Crippen molar-refractivity contribution >= 4 is 17.4 Å². The first-order valence-electron chi connectivity index (χ1n) is 9.11. The molecule has 0 N–H and O–H groups in total. The Kier molecular flexibility index (Phi) is 6.66. The van der Waals surface area contributed by atoms with Gasteiger partial charge in [-0.1, -0.05) is 42.1 Å². The second kappa shape index (κ2) is 9.38. The molecule has 2 aromatic carbocycles. The van der Waals surface area contributed by atoms with Gasteiger partial charge in [0.1, 0.15) is 12.4 Å². The number of nitrogens with zero attached hydrogens (tertiary/aromatic N) is 4. The highest BCUT2D eigenvalue weighted by Gasteiger charge is 2.18. The van der Waals surface area contributed by atoms with Crippen LogP contribution in [0.3, 0.4) is 0 Å². The van der Waals surface area contributed by atoms with Crippen molar-refractivity contribution in [2.75, 3.05) is 0 Å². The Hall–Kier alpha value is -3.13. The third-order valence-corrected chi connectivity index (χ3v) is 5.43. The Morgan fingerprint density at radius 1 is 1.28 bits per heavy atom. The zero-order valence-corrected chi connectivity index (χ0v) is 17.1. The lowest BCUT2D eigenvalue weighted by Gasteiger charge is -2.13. The van der Waals surface area contributed by atoms with E-state index >= 15 is 0 Å². The molecule has 1 atom stereocenters. The van der Waals surface area contributed by atoms with Crippen LogP contribution in [-0.4, -0.2) is 19.7 Å². The van der Waals surface area contributed by atoms with Crippen molar-refractivity contribution in [3.8, 4) is 5.75 Å². The molecule has 1 aromatic heterocycles. The van der Waals surface area contributed by atoms with Gasteiger partial charge in [-0.05, 0) is 37.1 Å². The highest BCUT2D eigenvalue weighted by Crippen LogP contribution is 2.35. The maximum Gasteiger partial charge on any atom is 0.269 e. The van der Waals surface area contributed by atoms with Crippen LogP contribution in [0.15, 0.2) is 66.3 Å². The average Bonchev–Trinajstić information content (AvgIpc) is 3.08. The number of nitro benzene ring substituents is 1. The van der Waals surface area contributed by atoms with E-state index in [0.29, 0.717) is 17.5 Å². The minimum atomic E-state index is -0.387. The Labute approximate surface area is 173 Å². The van der Waals surface area contributed by atoms with Crippen molar-refractivity contribution in [2.45, 2.75) is 37.4 Å². The molecule has 0 radical (unpaired) electrons. The molecule has 3 aromatic rings. The molecule has 3 rings (SSSR count). The molecule has 0 aliphatic rings. The maximum atomic E-state index is 11.0. The van der Waals surface area contributed by atoms with Gasteiger partial charge >= 0.3 is 0 Å². The van der Waals surface area contributed by atoms with Gasteiger partial charge in [-0.2, -0.15) is 0 Å². The molecule has 0 bridgehead atoms. The van der Waals surface area contributed by atoms with Crippen molar-refractivity contribution in [2.24, 2.45) is 0 Å². The summed E-state index contributed by atoms with van der Waals surface area (Å²) in [6, 6.07) is 14.5. The van der Waals surface area contributed by atoms with E-state index < -0.39 is 0 Å². The van der Waals surface area contributed by atoms with Gasteiger partial charge in [0.05, 0.1) is 4.92 Å². The number of allylic oxidation sites excluding steroid dienone is 1. The molecule has 0 aliphatic heterocycles. The van der Waals surface area contributed by atoms with Gasteiger partial charge in [-0.15, -0.1) is 16.8 Å². The van der Waals surface area contributed by atoms with Gasteiger partial charge in [-0.3, -0.25) is 14.7 Å². The van der Waals surface area contributed by atoms with E-state index in [-0.39, 0.29) is 22.5 Å². The summed E-state index contributed by atoms with van der Waals surface area (Å²) in [6.45, 7) is 8.64. The van der Waals surface area contributed by atoms with Crippen LogP contribution in [0.2, 0.25) is 0 Å². The van der Waals surface area contributed by atoms with Gasteiger partial charge < -0.3 is 4.74 Å². The molecule has 7 nitrogen and oxygen atoms in total. The quantitative estimate of drug-likeness (QED) is 0.211. The molecular weight excluding hydrogens is 388 g/mol. The second-order valence-electron chi connectivity index (χ2n) is 6.52. The molecule has 29 heavy (non-hydrogen) atoms. The SMILES string of the molecule is C=CCn1c(COc2cccc(C)c2)nnc1S[C@@H](C)c1cccc([N+](=O)[O-])c1. The van der Waals surface area contributed by atoms with Crippen molar-refractivity contribution in [1.29, 1.82) is 0 Å². The molecule has 0 unspecified atom stereocenters. The van der Waals surface area contributed by atoms with Crippen molar-refractivity contribution in [1.82, 2.24) is 14.8 Å². The number of nitro groups is 1. The molecule has 8 heteroatoms. The lowest BCUT2D eigenvalue weighted by atomic mass is 10.1. The van der Waals surface area contributed by atoms with Crippen LogP contribution in [0.1, 0.15) is 29.1 Å². The van der Waals surface area contributed by atoms with Crippen LogP contribution in [0.5, 0.6) is 5.75 Å². The predicted octanol–water partition coefficient (Wildman–Crippen LogP) is 5.11. The number of hydrogen-bond acceptors (Lipinski definition) is 6. The van der Waals surface area contributed by atoms with Gasteiger partial charge in [0.2, 0.25) is 0 Å². The fourth-order valence-electron chi connectivity index (χ4n) is 2.80. The van der Waals surface area contributed by atoms with E-state index in [4.69, 9.17) is 4.74 Å². The summed E-state index contributed by atoms with van der Waals surface area (Å²) in [7, 11) is 0. The first-order chi connectivity index (χ1) is 14.0. The van der Waals surface area contributed by atoms with Crippen LogP contribution < -0.4 is 4.74 Å². The normalized spacial score (nSPS) is 11.8. The molecule has 0 saturated heterocycles. The standard InChI is InChI=1S/C21H22N4O3S/c1-4-11-24-20(14-28-19-10-5-7-15(2)12-19)22-23-21(24)29-16(3)17-8-6-9-18(13-17)25(26)27/h4-10,12-13,16H,1,11,14H2,2-3H3/t16-/m0/s1. The predicted molar refractivity (Wildman–Crippen MR) is 113 cm³/mol. The first-order valence-corrected chi connectivity index (χ1v) is 9.99. The minimum Gasteiger partial charge on any atom is -0.486 e. The number of aryl methyl sites for hydroxylation is 1. The number of non-ortho nitro benzene ring substituents is 1. The monoisotopic (exact) mass is 410 g/mol. The summed E-state index contributed by atoms with van der Waals surface area (Å²) < 4.78 is 7.81. The summed E-state index contributed by atoms with van der Waals surface area (Å²) in [5.41, 5.74) is 2.06. The lowest BCUT2D eigenvalue weighted by molar-refractivity contribution is -0.384. The molecule has 0 aliphatic carbocycles. The largest absolute Gasteiger partial charge is 0.486 e. The molecule has 0 fully saturated rings. The summed E-state index contributed by atoms with van der Waals surface area (Å²) in [4.78, 5) is 10.6. The van der Waals surface area contributed by atoms with Gasteiger partial charge in [0.15, 0.2) is 11.0 Å². The van der Waals surface area contributed by atoms with Crippen LogP contribution in [0, 0.1) is 17.0 Å². The Morgan fingerprint density at radius 2 is 2.07 bits per heavy atom. The number of ether oxygens (including phenoxy) is 1. The molecule has 1 heterocycles. The van der Waals surface area contributed by atoms with Gasteiger partial charge in [0.25, 0.3) is 5.69 Å². The zero-order chi connectivity index (χ0) is 20.8. The Morgan fingerprint density at radius 3 is 2.79 bits per heavy atom. The number of benzene rings is 2. The summed E-state index contributed by atoms with van der Waals surface area (Å²) in [5.74, 6) is 1.47. The Bertz CT molecular complexity index is 1020. The highest BCUT2D eigenvalue weighted by atomic mass is 32.2. The average molecular weight is 410 g/mol. The summed E-state index contributed by atoms with van der Waals surface area (Å²) in [6.07, 6.45) is 1.78. The highest BCUT2D eigenvalue weighted by molar-refractivity contribution is 7.99.